The Morgan fingerprint density at radius 3 is 3.14 bits per heavy atom. The average molecular weight is 193 g/mol. The van der Waals surface area contributed by atoms with E-state index >= 15 is 0 Å². The van der Waals surface area contributed by atoms with Gasteiger partial charge in [-0.3, -0.25) is 0 Å². The van der Waals surface area contributed by atoms with Crippen LogP contribution < -0.4 is 21.5 Å². The second-order valence-electron chi connectivity index (χ2n) is 3.49. The Hall–Kier alpha value is -1.42. The number of fused-ring (bicyclic) bond motifs is 1. The van der Waals surface area contributed by atoms with Gasteiger partial charge >= 0.3 is 0 Å². The van der Waals surface area contributed by atoms with Crippen LogP contribution in [0.4, 0.5) is 11.4 Å². The summed E-state index contributed by atoms with van der Waals surface area (Å²) in [6.07, 6.45) is 0.911. The number of ether oxygens (including phenoxy) is 1. The molecule has 14 heavy (non-hydrogen) atoms. The van der Waals surface area contributed by atoms with Crippen LogP contribution in [0, 0.1) is 0 Å². The van der Waals surface area contributed by atoms with Gasteiger partial charge in [0.05, 0.1) is 11.7 Å². The van der Waals surface area contributed by atoms with Gasteiger partial charge in [-0.2, -0.15) is 0 Å². The second kappa shape index (κ2) is 3.75. The molecule has 1 atom stereocenters. The number of nitrogens with two attached hydrogens (primary N) is 2. The molecule has 0 amide bonds. The van der Waals surface area contributed by atoms with Crippen LogP contribution in [0.25, 0.3) is 0 Å². The van der Waals surface area contributed by atoms with E-state index in [1.165, 1.54) is 0 Å². The fourth-order valence-corrected chi connectivity index (χ4v) is 1.59. The highest BCUT2D eigenvalue weighted by molar-refractivity contribution is 5.64. The first-order chi connectivity index (χ1) is 6.79. The monoisotopic (exact) mass is 193 g/mol. The summed E-state index contributed by atoms with van der Waals surface area (Å²) in [7, 11) is 0. The van der Waals surface area contributed by atoms with Crippen molar-refractivity contribution >= 4 is 11.4 Å². The highest BCUT2D eigenvalue weighted by Gasteiger charge is 2.17. The van der Waals surface area contributed by atoms with Gasteiger partial charge in [-0.15, -0.1) is 0 Å². The quantitative estimate of drug-likeness (QED) is 0.607. The zero-order valence-corrected chi connectivity index (χ0v) is 7.99. The lowest BCUT2D eigenvalue weighted by atomic mass is 10.1. The van der Waals surface area contributed by atoms with Gasteiger partial charge in [0.15, 0.2) is 0 Å². The van der Waals surface area contributed by atoms with Crippen LogP contribution in [0.1, 0.15) is 6.42 Å². The summed E-state index contributed by atoms with van der Waals surface area (Å²) < 4.78 is 5.57. The highest BCUT2D eigenvalue weighted by atomic mass is 16.5. The van der Waals surface area contributed by atoms with Crippen LogP contribution in [-0.2, 0) is 0 Å². The van der Waals surface area contributed by atoms with E-state index in [1.54, 1.807) is 0 Å². The molecule has 0 radical (unpaired) electrons. The Morgan fingerprint density at radius 2 is 2.36 bits per heavy atom. The normalized spacial score (nSPS) is 19.4. The number of benzene rings is 1. The van der Waals surface area contributed by atoms with Crippen molar-refractivity contribution in [1.82, 2.24) is 0 Å². The summed E-state index contributed by atoms with van der Waals surface area (Å²) in [6, 6.07) is 5.91. The van der Waals surface area contributed by atoms with Gasteiger partial charge in [-0.05, 0) is 31.2 Å². The number of hydrogen-bond acceptors (Lipinski definition) is 4. The van der Waals surface area contributed by atoms with Crippen LogP contribution in [0.2, 0.25) is 0 Å². The molecule has 0 bridgehead atoms. The number of rotatable bonds is 2. The van der Waals surface area contributed by atoms with Crippen molar-refractivity contribution in [2.45, 2.75) is 12.5 Å². The third-order valence-corrected chi connectivity index (χ3v) is 2.32. The minimum Gasteiger partial charge on any atom is -0.489 e. The Morgan fingerprint density at radius 1 is 1.50 bits per heavy atom. The van der Waals surface area contributed by atoms with Gasteiger partial charge in [0.25, 0.3) is 0 Å². The Labute approximate surface area is 83.2 Å². The molecule has 4 heteroatoms. The zero-order chi connectivity index (χ0) is 9.97. The highest BCUT2D eigenvalue weighted by Crippen LogP contribution is 2.30. The maximum Gasteiger partial charge on any atom is 0.142 e. The van der Waals surface area contributed by atoms with Crippen LogP contribution in [-0.4, -0.2) is 19.2 Å². The van der Waals surface area contributed by atoms with Crippen molar-refractivity contribution in [2.24, 2.45) is 5.73 Å². The van der Waals surface area contributed by atoms with Gasteiger partial charge in [0, 0.05) is 5.69 Å². The second-order valence-corrected chi connectivity index (χ2v) is 3.49. The SMILES string of the molecule is NCCC1COc2ccc(N)cc2N1. The molecule has 76 valence electrons. The van der Waals surface area contributed by atoms with E-state index in [-0.39, 0.29) is 0 Å². The maximum absolute atomic E-state index is 5.68. The Balaban J connectivity index is 2.16. The molecule has 1 aliphatic rings. The summed E-state index contributed by atoms with van der Waals surface area (Å²) >= 11 is 0. The van der Waals surface area contributed by atoms with Gasteiger partial charge in [0.2, 0.25) is 0 Å². The molecule has 0 fully saturated rings. The predicted octanol–water partition coefficient (Wildman–Crippen LogP) is 0.790. The Kier molecular flexibility index (Phi) is 2.45. The van der Waals surface area contributed by atoms with E-state index < -0.39 is 0 Å². The number of hydrogen-bond donors (Lipinski definition) is 3. The van der Waals surface area contributed by atoms with Crippen molar-refractivity contribution in [3.8, 4) is 5.75 Å². The van der Waals surface area contributed by atoms with Crippen molar-refractivity contribution in [1.29, 1.82) is 0 Å². The summed E-state index contributed by atoms with van der Waals surface area (Å²) in [5, 5.41) is 3.35. The first-order valence-electron chi connectivity index (χ1n) is 4.78. The van der Waals surface area contributed by atoms with Crippen LogP contribution in [0.5, 0.6) is 5.75 Å². The molecule has 1 unspecified atom stereocenters. The van der Waals surface area contributed by atoms with E-state index in [0.717, 1.165) is 23.5 Å². The van der Waals surface area contributed by atoms with Crippen LogP contribution in [0.3, 0.4) is 0 Å². The lowest BCUT2D eigenvalue weighted by molar-refractivity contribution is 0.280. The fraction of sp³-hybridized carbons (Fsp3) is 0.400. The Bertz CT molecular complexity index is 327. The third kappa shape index (κ3) is 1.75. The molecular formula is C10H15N3O. The van der Waals surface area contributed by atoms with Crippen molar-refractivity contribution in [3.05, 3.63) is 18.2 Å². The summed E-state index contributed by atoms with van der Waals surface area (Å²) in [4.78, 5) is 0. The predicted molar refractivity (Wildman–Crippen MR) is 57.4 cm³/mol. The lowest BCUT2D eigenvalue weighted by Gasteiger charge is -2.27. The minimum absolute atomic E-state index is 0.300. The summed E-state index contributed by atoms with van der Waals surface area (Å²) in [5.74, 6) is 0.868. The molecule has 0 spiro atoms. The molecule has 0 saturated carbocycles. The topological polar surface area (TPSA) is 73.3 Å². The molecule has 0 saturated heterocycles. The summed E-state index contributed by atoms with van der Waals surface area (Å²) in [5.41, 5.74) is 12.9. The molecule has 2 rings (SSSR count). The fourth-order valence-electron chi connectivity index (χ4n) is 1.59. The van der Waals surface area contributed by atoms with Crippen molar-refractivity contribution in [2.75, 3.05) is 24.2 Å². The van der Waals surface area contributed by atoms with Gasteiger partial charge < -0.3 is 21.5 Å². The molecule has 5 N–H and O–H groups in total. The molecule has 0 aromatic heterocycles. The molecule has 0 aliphatic carbocycles. The zero-order valence-electron chi connectivity index (χ0n) is 7.99. The first kappa shape index (κ1) is 9.15. The van der Waals surface area contributed by atoms with E-state index in [9.17, 15) is 0 Å². The maximum atomic E-state index is 5.68. The average Bonchev–Trinajstić information content (AvgIpc) is 2.17. The molecule has 1 heterocycles. The largest absolute Gasteiger partial charge is 0.489 e. The van der Waals surface area contributed by atoms with Gasteiger partial charge in [-0.1, -0.05) is 0 Å². The number of nitrogen functional groups attached to an aromatic ring is 1. The summed E-state index contributed by atoms with van der Waals surface area (Å²) in [6.45, 7) is 1.34. The van der Waals surface area contributed by atoms with E-state index in [4.69, 9.17) is 16.2 Å². The van der Waals surface area contributed by atoms with Gasteiger partial charge in [0.1, 0.15) is 12.4 Å². The minimum atomic E-state index is 0.300. The molecule has 1 aromatic rings. The van der Waals surface area contributed by atoms with Gasteiger partial charge in [-0.25, -0.2) is 0 Å². The number of nitrogens with one attached hydrogen (secondary N) is 1. The van der Waals surface area contributed by atoms with Crippen molar-refractivity contribution in [3.63, 3.8) is 0 Å². The molecular weight excluding hydrogens is 178 g/mol. The first-order valence-corrected chi connectivity index (χ1v) is 4.78. The number of anilines is 2. The van der Waals surface area contributed by atoms with Crippen molar-refractivity contribution < 1.29 is 4.74 Å². The standard InChI is InChI=1S/C10H15N3O/c11-4-3-8-6-14-10-2-1-7(12)5-9(10)13-8/h1-2,5,8,13H,3-4,6,11-12H2. The van der Waals surface area contributed by atoms with Crippen LogP contribution >= 0.6 is 0 Å². The van der Waals surface area contributed by atoms with E-state index in [1.807, 2.05) is 18.2 Å². The third-order valence-electron chi connectivity index (χ3n) is 2.32. The smallest absolute Gasteiger partial charge is 0.142 e. The molecule has 1 aliphatic heterocycles. The van der Waals surface area contributed by atoms with Crippen LogP contribution in [0.15, 0.2) is 18.2 Å². The van der Waals surface area contributed by atoms with E-state index in [0.29, 0.717) is 19.2 Å². The molecule has 4 nitrogen and oxygen atoms in total. The molecule has 1 aromatic carbocycles. The lowest BCUT2D eigenvalue weighted by Crippen LogP contribution is -2.33. The van der Waals surface area contributed by atoms with E-state index in [2.05, 4.69) is 5.32 Å².